The summed E-state index contributed by atoms with van der Waals surface area (Å²) in [4.78, 5) is 12.4. The van der Waals surface area contributed by atoms with Crippen molar-refractivity contribution in [2.24, 2.45) is 0 Å². The molecule has 23 heavy (non-hydrogen) atoms. The number of aryl methyl sites for hydroxylation is 2. The Bertz CT molecular complexity index is 716. The second kappa shape index (κ2) is 7.71. The zero-order valence-electron chi connectivity index (χ0n) is 13.3. The highest BCUT2D eigenvalue weighted by Crippen LogP contribution is 2.25. The fourth-order valence-electron chi connectivity index (χ4n) is 2.07. The van der Waals surface area contributed by atoms with E-state index in [1.165, 1.54) is 5.56 Å². The fraction of sp³-hybridized carbons (Fsp3) is 0.278. The van der Waals surface area contributed by atoms with Crippen molar-refractivity contribution in [2.75, 3.05) is 5.32 Å². The first-order chi connectivity index (χ1) is 10.9. The number of hydrogen-bond acceptors (Lipinski definition) is 2. The molecule has 2 aromatic carbocycles. The maximum Gasteiger partial charge on any atom is 0.265 e. The monoisotopic (exact) mass is 351 g/mol. The van der Waals surface area contributed by atoms with Crippen molar-refractivity contribution in [1.29, 1.82) is 0 Å². The Hall–Kier alpha value is -1.71. The lowest BCUT2D eigenvalue weighted by atomic mass is 10.1. The standard InChI is InChI=1S/C18H19Cl2NO2/c1-4-17(23-14-7-5-11(2)12(3)9-14)18(22)21-13-6-8-15(19)16(20)10-13/h5-10,17H,4H2,1-3H3,(H,21,22)/t17-/m0/s1. The molecule has 0 fully saturated rings. The third-order valence-corrected chi connectivity index (χ3v) is 4.35. The van der Waals surface area contributed by atoms with E-state index in [2.05, 4.69) is 5.32 Å². The van der Waals surface area contributed by atoms with Crippen molar-refractivity contribution in [2.45, 2.75) is 33.3 Å². The van der Waals surface area contributed by atoms with Crippen molar-refractivity contribution in [3.63, 3.8) is 0 Å². The van der Waals surface area contributed by atoms with Gasteiger partial charge in [0.25, 0.3) is 5.91 Å². The van der Waals surface area contributed by atoms with Crippen LogP contribution in [0.15, 0.2) is 36.4 Å². The number of anilines is 1. The van der Waals surface area contributed by atoms with Crippen molar-refractivity contribution < 1.29 is 9.53 Å². The molecule has 0 saturated carbocycles. The van der Waals surface area contributed by atoms with Crippen molar-refractivity contribution in [3.8, 4) is 5.75 Å². The molecule has 2 rings (SSSR count). The maximum atomic E-state index is 12.4. The van der Waals surface area contributed by atoms with Crippen LogP contribution in [0.2, 0.25) is 10.0 Å². The molecule has 0 spiro atoms. The van der Waals surface area contributed by atoms with Crippen molar-refractivity contribution in [3.05, 3.63) is 57.6 Å². The summed E-state index contributed by atoms with van der Waals surface area (Å²) >= 11 is 11.8. The number of carbonyl (C=O) groups is 1. The summed E-state index contributed by atoms with van der Waals surface area (Å²) in [6, 6.07) is 10.8. The van der Waals surface area contributed by atoms with Crippen LogP contribution >= 0.6 is 23.2 Å². The number of rotatable bonds is 5. The second-order valence-corrected chi connectivity index (χ2v) is 6.19. The van der Waals surface area contributed by atoms with Crippen LogP contribution in [0.25, 0.3) is 0 Å². The van der Waals surface area contributed by atoms with Gasteiger partial charge in [0.1, 0.15) is 5.75 Å². The van der Waals surface area contributed by atoms with Crippen LogP contribution in [-0.4, -0.2) is 12.0 Å². The molecular weight excluding hydrogens is 333 g/mol. The van der Waals surface area contributed by atoms with Gasteiger partial charge in [-0.1, -0.05) is 36.2 Å². The van der Waals surface area contributed by atoms with Crippen LogP contribution in [0, 0.1) is 13.8 Å². The molecule has 0 aliphatic heterocycles. The SMILES string of the molecule is CC[C@H](Oc1ccc(C)c(C)c1)C(=O)Nc1ccc(Cl)c(Cl)c1. The van der Waals surface area contributed by atoms with Crippen molar-refractivity contribution in [1.82, 2.24) is 0 Å². The van der Waals surface area contributed by atoms with E-state index in [0.29, 0.717) is 27.9 Å². The third kappa shape index (κ3) is 4.63. The number of carbonyl (C=O) groups excluding carboxylic acids is 1. The predicted octanol–water partition coefficient (Wildman–Crippen LogP) is 5.41. The number of amides is 1. The van der Waals surface area contributed by atoms with Crippen LogP contribution in [-0.2, 0) is 4.79 Å². The van der Waals surface area contributed by atoms with Gasteiger partial charge in [-0.25, -0.2) is 0 Å². The highest BCUT2D eigenvalue weighted by molar-refractivity contribution is 6.42. The normalized spacial score (nSPS) is 11.9. The lowest BCUT2D eigenvalue weighted by Gasteiger charge is -2.18. The molecule has 3 nitrogen and oxygen atoms in total. The number of ether oxygens (including phenoxy) is 1. The first-order valence-corrected chi connectivity index (χ1v) is 8.16. The van der Waals surface area contributed by atoms with Gasteiger partial charge in [0.15, 0.2) is 6.10 Å². The summed E-state index contributed by atoms with van der Waals surface area (Å²) in [7, 11) is 0. The minimum Gasteiger partial charge on any atom is -0.481 e. The van der Waals surface area contributed by atoms with Gasteiger partial charge in [0.05, 0.1) is 10.0 Å². The lowest BCUT2D eigenvalue weighted by Crippen LogP contribution is -2.32. The summed E-state index contributed by atoms with van der Waals surface area (Å²) in [5.41, 5.74) is 2.90. The quantitative estimate of drug-likeness (QED) is 0.782. The van der Waals surface area contributed by atoms with E-state index >= 15 is 0 Å². The van der Waals surface area contributed by atoms with Crippen LogP contribution in [0.1, 0.15) is 24.5 Å². The molecule has 0 aromatic heterocycles. The molecule has 1 atom stereocenters. The van der Waals surface area contributed by atoms with E-state index in [-0.39, 0.29) is 5.91 Å². The van der Waals surface area contributed by atoms with Crippen LogP contribution < -0.4 is 10.1 Å². The average molecular weight is 352 g/mol. The first-order valence-electron chi connectivity index (χ1n) is 7.40. The molecule has 0 aliphatic carbocycles. The maximum absolute atomic E-state index is 12.4. The molecule has 1 N–H and O–H groups in total. The third-order valence-electron chi connectivity index (χ3n) is 3.61. The molecule has 0 unspecified atom stereocenters. The van der Waals surface area contributed by atoms with E-state index in [1.807, 2.05) is 39.0 Å². The molecule has 1 amide bonds. The molecule has 5 heteroatoms. The zero-order chi connectivity index (χ0) is 17.0. The van der Waals surface area contributed by atoms with Gasteiger partial charge in [0.2, 0.25) is 0 Å². The average Bonchev–Trinajstić information content (AvgIpc) is 2.52. The Morgan fingerprint density at radius 1 is 1.09 bits per heavy atom. The van der Waals surface area contributed by atoms with E-state index < -0.39 is 6.10 Å². The van der Waals surface area contributed by atoms with Gasteiger partial charge in [-0.05, 0) is 61.7 Å². The molecule has 0 aliphatic rings. The summed E-state index contributed by atoms with van der Waals surface area (Å²) in [5.74, 6) is 0.466. The molecule has 0 radical (unpaired) electrons. The van der Waals surface area contributed by atoms with Crippen molar-refractivity contribution >= 4 is 34.8 Å². The Balaban J connectivity index is 2.08. The molecule has 0 bridgehead atoms. The highest BCUT2D eigenvalue weighted by atomic mass is 35.5. The summed E-state index contributed by atoms with van der Waals surface area (Å²) < 4.78 is 5.82. The Kier molecular flexibility index (Phi) is 5.91. The van der Waals surface area contributed by atoms with E-state index in [4.69, 9.17) is 27.9 Å². The molecule has 0 heterocycles. The number of benzene rings is 2. The lowest BCUT2D eigenvalue weighted by molar-refractivity contribution is -0.122. The van der Waals surface area contributed by atoms with Gasteiger partial charge < -0.3 is 10.1 Å². The van der Waals surface area contributed by atoms with Gasteiger partial charge in [-0.15, -0.1) is 0 Å². The van der Waals surface area contributed by atoms with Crippen LogP contribution in [0.3, 0.4) is 0 Å². The van der Waals surface area contributed by atoms with Crippen LogP contribution in [0.4, 0.5) is 5.69 Å². The minimum atomic E-state index is -0.577. The fourth-order valence-corrected chi connectivity index (χ4v) is 2.37. The molecule has 122 valence electrons. The predicted molar refractivity (Wildman–Crippen MR) is 95.7 cm³/mol. The van der Waals surface area contributed by atoms with Crippen LogP contribution in [0.5, 0.6) is 5.75 Å². The largest absolute Gasteiger partial charge is 0.481 e. The minimum absolute atomic E-state index is 0.218. The second-order valence-electron chi connectivity index (χ2n) is 5.38. The Labute approximate surface area is 146 Å². The van der Waals surface area contributed by atoms with Gasteiger partial charge in [0, 0.05) is 5.69 Å². The van der Waals surface area contributed by atoms with E-state index in [0.717, 1.165) is 5.56 Å². The van der Waals surface area contributed by atoms with E-state index in [1.54, 1.807) is 18.2 Å². The summed E-state index contributed by atoms with van der Waals surface area (Å²) in [6.45, 7) is 5.95. The number of halogens is 2. The molecule has 0 saturated heterocycles. The zero-order valence-corrected chi connectivity index (χ0v) is 14.8. The number of hydrogen-bond donors (Lipinski definition) is 1. The topological polar surface area (TPSA) is 38.3 Å². The Morgan fingerprint density at radius 3 is 2.43 bits per heavy atom. The summed E-state index contributed by atoms with van der Waals surface area (Å²) in [5, 5.41) is 3.64. The van der Waals surface area contributed by atoms with E-state index in [9.17, 15) is 4.79 Å². The number of nitrogens with one attached hydrogen (secondary N) is 1. The molecular formula is C18H19Cl2NO2. The summed E-state index contributed by atoms with van der Waals surface area (Å²) in [6.07, 6.45) is -0.0216. The van der Waals surface area contributed by atoms with Gasteiger partial charge >= 0.3 is 0 Å². The Morgan fingerprint density at radius 2 is 1.83 bits per heavy atom. The van der Waals surface area contributed by atoms with Gasteiger partial charge in [-0.3, -0.25) is 4.79 Å². The molecule has 2 aromatic rings. The first kappa shape index (κ1) is 17.6. The highest BCUT2D eigenvalue weighted by Gasteiger charge is 2.19. The van der Waals surface area contributed by atoms with Gasteiger partial charge in [-0.2, -0.15) is 0 Å². The smallest absolute Gasteiger partial charge is 0.265 e.